The Balaban J connectivity index is 1.69. The van der Waals surface area contributed by atoms with E-state index in [2.05, 4.69) is 31.0 Å². The highest BCUT2D eigenvalue weighted by Crippen LogP contribution is 2.24. The van der Waals surface area contributed by atoms with Crippen LogP contribution in [0.4, 0.5) is 0 Å². The summed E-state index contributed by atoms with van der Waals surface area (Å²) in [7, 11) is -3.49. The van der Waals surface area contributed by atoms with Crippen LogP contribution in [0.2, 0.25) is 0 Å². The molecule has 2 heterocycles. The summed E-state index contributed by atoms with van der Waals surface area (Å²) in [5, 5.41) is 0. The van der Waals surface area contributed by atoms with E-state index in [0.717, 1.165) is 23.1 Å². The van der Waals surface area contributed by atoms with Crippen LogP contribution in [0, 0.1) is 13.8 Å². The van der Waals surface area contributed by atoms with Crippen molar-refractivity contribution >= 4 is 37.5 Å². The van der Waals surface area contributed by atoms with E-state index >= 15 is 0 Å². The number of benzene rings is 2. The van der Waals surface area contributed by atoms with Crippen LogP contribution in [0.15, 0.2) is 46.3 Å². The number of fused-ring (bicyclic) bond motifs is 1. The maximum Gasteiger partial charge on any atom is 0.279 e. The Bertz CT molecular complexity index is 1280. The molecule has 1 amide bonds. The number of hydrogen-bond acceptors (Lipinski definition) is 4. The first-order valence-corrected chi connectivity index (χ1v) is 12.4. The maximum atomic E-state index is 12.8. The number of sulfonamides is 1. The van der Waals surface area contributed by atoms with Crippen LogP contribution in [-0.4, -0.2) is 36.3 Å². The standard InChI is InChI=1S/C22H25N3O3S2/c1-4-25-19-14-15(2)13-16(3)20(19)29-22(25)23-21(26)17-7-9-18(10-8-17)30(27,28)24-11-5-6-12-24/h7-10,13-14H,4-6,11-12H2,1-3H3. The molecule has 6 nitrogen and oxygen atoms in total. The summed E-state index contributed by atoms with van der Waals surface area (Å²) < 4.78 is 30.0. The number of aromatic nitrogens is 1. The second kappa shape index (κ2) is 8.09. The van der Waals surface area contributed by atoms with Gasteiger partial charge in [-0.3, -0.25) is 4.79 Å². The number of amides is 1. The van der Waals surface area contributed by atoms with Crippen molar-refractivity contribution in [2.24, 2.45) is 4.99 Å². The van der Waals surface area contributed by atoms with Gasteiger partial charge in [0.1, 0.15) is 0 Å². The third-order valence-corrected chi connectivity index (χ3v) is 8.57. The van der Waals surface area contributed by atoms with Gasteiger partial charge in [-0.2, -0.15) is 9.30 Å². The number of nitrogens with zero attached hydrogens (tertiary/aromatic N) is 3. The zero-order valence-corrected chi connectivity index (χ0v) is 19.0. The fourth-order valence-corrected chi connectivity index (χ4v) is 6.56. The summed E-state index contributed by atoms with van der Waals surface area (Å²) >= 11 is 1.50. The van der Waals surface area contributed by atoms with Crippen molar-refractivity contribution in [3.05, 3.63) is 57.9 Å². The molecule has 0 N–H and O–H groups in total. The summed E-state index contributed by atoms with van der Waals surface area (Å²) in [4.78, 5) is 18.0. The van der Waals surface area contributed by atoms with Gasteiger partial charge in [0.15, 0.2) is 4.80 Å². The molecule has 0 bridgehead atoms. The molecule has 1 aromatic heterocycles. The third kappa shape index (κ3) is 3.75. The van der Waals surface area contributed by atoms with E-state index in [1.165, 1.54) is 38.9 Å². The van der Waals surface area contributed by atoms with Crippen LogP contribution in [0.5, 0.6) is 0 Å². The number of carbonyl (C=O) groups is 1. The van der Waals surface area contributed by atoms with Crippen molar-refractivity contribution < 1.29 is 13.2 Å². The molecule has 0 radical (unpaired) electrons. The van der Waals surface area contributed by atoms with E-state index in [1.807, 2.05) is 11.5 Å². The maximum absolute atomic E-state index is 12.8. The van der Waals surface area contributed by atoms with E-state index in [0.29, 0.717) is 30.0 Å². The van der Waals surface area contributed by atoms with Gasteiger partial charge in [0.25, 0.3) is 5.91 Å². The average Bonchev–Trinajstić information content (AvgIpc) is 3.36. The van der Waals surface area contributed by atoms with E-state index in [4.69, 9.17) is 0 Å². The Morgan fingerprint density at radius 2 is 1.77 bits per heavy atom. The normalized spacial score (nSPS) is 15.9. The molecule has 0 spiro atoms. The number of hydrogen-bond donors (Lipinski definition) is 0. The molecule has 0 unspecified atom stereocenters. The van der Waals surface area contributed by atoms with Gasteiger partial charge < -0.3 is 4.57 Å². The van der Waals surface area contributed by atoms with Crippen LogP contribution in [0.3, 0.4) is 0 Å². The molecule has 1 fully saturated rings. The lowest BCUT2D eigenvalue weighted by Gasteiger charge is -2.15. The highest BCUT2D eigenvalue weighted by Gasteiger charge is 2.27. The predicted octanol–water partition coefficient (Wildman–Crippen LogP) is 3.87. The van der Waals surface area contributed by atoms with Crippen LogP contribution >= 0.6 is 11.3 Å². The fourth-order valence-electron chi connectivity index (χ4n) is 3.90. The molecule has 4 rings (SSSR count). The van der Waals surface area contributed by atoms with Gasteiger partial charge >= 0.3 is 0 Å². The van der Waals surface area contributed by atoms with E-state index in [1.54, 1.807) is 12.1 Å². The molecule has 2 aromatic carbocycles. The van der Waals surface area contributed by atoms with Crippen LogP contribution < -0.4 is 4.80 Å². The van der Waals surface area contributed by atoms with Crippen molar-refractivity contribution in [1.82, 2.24) is 8.87 Å². The molecular weight excluding hydrogens is 418 g/mol. The van der Waals surface area contributed by atoms with E-state index in [-0.39, 0.29) is 10.8 Å². The van der Waals surface area contributed by atoms with Crippen molar-refractivity contribution in [1.29, 1.82) is 0 Å². The lowest BCUT2D eigenvalue weighted by Crippen LogP contribution is -2.27. The smallest absolute Gasteiger partial charge is 0.279 e. The lowest BCUT2D eigenvalue weighted by atomic mass is 10.1. The predicted molar refractivity (Wildman–Crippen MR) is 119 cm³/mol. The summed E-state index contributed by atoms with van der Waals surface area (Å²) in [5.41, 5.74) is 3.80. The zero-order valence-electron chi connectivity index (χ0n) is 17.4. The van der Waals surface area contributed by atoms with Crippen molar-refractivity contribution in [2.75, 3.05) is 13.1 Å². The molecule has 3 aromatic rings. The SMILES string of the molecule is CCn1c(=NC(=O)c2ccc(S(=O)(=O)N3CCCC3)cc2)sc2c(C)cc(C)cc21. The molecule has 0 atom stereocenters. The minimum atomic E-state index is -3.49. The highest BCUT2D eigenvalue weighted by atomic mass is 32.2. The van der Waals surface area contributed by atoms with Gasteiger partial charge in [-0.1, -0.05) is 17.4 Å². The topological polar surface area (TPSA) is 71.7 Å². The van der Waals surface area contributed by atoms with Crippen LogP contribution in [0.25, 0.3) is 10.2 Å². The Morgan fingerprint density at radius 1 is 1.10 bits per heavy atom. The summed E-state index contributed by atoms with van der Waals surface area (Å²) in [6, 6.07) is 10.3. The van der Waals surface area contributed by atoms with Gasteiger partial charge in [0.05, 0.1) is 15.1 Å². The second-order valence-corrected chi connectivity index (χ2v) is 10.5. The molecule has 0 saturated carbocycles. The molecule has 30 heavy (non-hydrogen) atoms. The Kier molecular flexibility index (Phi) is 5.65. The Morgan fingerprint density at radius 3 is 2.40 bits per heavy atom. The molecule has 1 aliphatic rings. The fraction of sp³-hybridized carbons (Fsp3) is 0.364. The number of carbonyl (C=O) groups excluding carboxylic acids is 1. The summed E-state index contributed by atoms with van der Waals surface area (Å²) in [6.45, 7) is 7.98. The van der Waals surface area contributed by atoms with Gasteiger partial charge in [0, 0.05) is 25.2 Å². The first kappa shape index (κ1) is 21.0. The zero-order chi connectivity index (χ0) is 21.5. The average molecular weight is 444 g/mol. The minimum Gasteiger partial charge on any atom is -0.317 e. The molecular formula is C22H25N3O3S2. The lowest BCUT2D eigenvalue weighted by molar-refractivity contribution is 0.0997. The van der Waals surface area contributed by atoms with Crippen molar-refractivity contribution in [3.8, 4) is 0 Å². The summed E-state index contributed by atoms with van der Waals surface area (Å²) in [6.07, 6.45) is 1.78. The largest absolute Gasteiger partial charge is 0.317 e. The molecule has 1 saturated heterocycles. The van der Waals surface area contributed by atoms with Gasteiger partial charge in [-0.05, 0) is 75.1 Å². The first-order valence-electron chi connectivity index (χ1n) is 10.1. The minimum absolute atomic E-state index is 0.220. The Hall–Kier alpha value is -2.29. The monoisotopic (exact) mass is 443 g/mol. The molecule has 0 aliphatic carbocycles. The van der Waals surface area contributed by atoms with Gasteiger partial charge in [-0.25, -0.2) is 8.42 Å². The second-order valence-electron chi connectivity index (χ2n) is 7.61. The third-order valence-electron chi connectivity index (χ3n) is 5.43. The highest BCUT2D eigenvalue weighted by molar-refractivity contribution is 7.89. The number of aryl methyl sites for hydroxylation is 3. The van der Waals surface area contributed by atoms with Crippen molar-refractivity contribution in [3.63, 3.8) is 0 Å². The van der Waals surface area contributed by atoms with Crippen LogP contribution in [0.1, 0.15) is 41.3 Å². The van der Waals surface area contributed by atoms with Crippen molar-refractivity contribution in [2.45, 2.75) is 45.1 Å². The first-order chi connectivity index (χ1) is 14.3. The van der Waals surface area contributed by atoms with E-state index < -0.39 is 10.0 Å². The van der Waals surface area contributed by atoms with Gasteiger partial charge in [-0.15, -0.1) is 0 Å². The van der Waals surface area contributed by atoms with E-state index in [9.17, 15) is 13.2 Å². The molecule has 158 valence electrons. The number of rotatable bonds is 4. The molecule has 1 aliphatic heterocycles. The quantitative estimate of drug-likeness (QED) is 0.615. The van der Waals surface area contributed by atoms with Crippen LogP contribution in [-0.2, 0) is 16.6 Å². The summed E-state index contributed by atoms with van der Waals surface area (Å²) in [5.74, 6) is -0.372. The molecule has 8 heteroatoms. The Labute approximate surface area is 180 Å². The number of thiazole rings is 1. The van der Waals surface area contributed by atoms with Gasteiger partial charge in [0.2, 0.25) is 10.0 Å².